The fourth-order valence-corrected chi connectivity index (χ4v) is 4.37. The molecular weight excluding hydrogens is 501 g/mol. The number of likely N-dealkylation sites (tertiary alicyclic amines) is 1. The van der Waals surface area contributed by atoms with Crippen LogP contribution >= 0.6 is 11.6 Å². The Kier molecular flexibility index (Phi) is 7.41. The number of halogens is 4. The number of carbonyl (C=O) groups is 2. The number of ether oxygens (including phenoxy) is 2. The van der Waals surface area contributed by atoms with Crippen LogP contribution in [0.25, 0.3) is 10.9 Å². The molecule has 192 valence electrons. The Morgan fingerprint density at radius 3 is 2.61 bits per heavy atom. The lowest BCUT2D eigenvalue weighted by Gasteiger charge is -2.39. The van der Waals surface area contributed by atoms with Gasteiger partial charge in [0.2, 0.25) is 0 Å². The Morgan fingerprint density at radius 2 is 1.94 bits per heavy atom. The molecule has 2 amide bonds. The first-order valence-corrected chi connectivity index (χ1v) is 11.5. The van der Waals surface area contributed by atoms with Gasteiger partial charge in [0.25, 0.3) is 11.8 Å². The molecule has 4 rings (SSSR count). The van der Waals surface area contributed by atoms with Crippen LogP contribution in [-0.4, -0.2) is 67.0 Å². The molecule has 2 heterocycles. The van der Waals surface area contributed by atoms with Gasteiger partial charge in [-0.05, 0) is 30.3 Å². The summed E-state index contributed by atoms with van der Waals surface area (Å²) in [6.45, 7) is 1.99. The maximum atomic E-state index is 13.1. The van der Waals surface area contributed by atoms with Gasteiger partial charge >= 0.3 is 6.18 Å². The molecule has 8 nitrogen and oxygen atoms in total. The second-order valence-corrected chi connectivity index (χ2v) is 8.85. The first kappa shape index (κ1) is 25.8. The molecule has 0 unspecified atom stereocenters. The monoisotopic (exact) mass is 524 g/mol. The predicted molar refractivity (Wildman–Crippen MR) is 126 cm³/mol. The lowest BCUT2D eigenvalue weighted by molar-refractivity contribution is -0.137. The molecule has 2 aromatic carbocycles. The number of amides is 2. The standard InChI is InChI=1S/C24H24ClF3N4O4/c1-35-8-7-29-22(33)16-4-6-20-17(21(16)36-2)13-32(30-20)12-14-10-31(11-14)23(34)15-3-5-19(25)18(9-15)24(26,27)28/h3-6,9,13-14H,7-8,10-12H2,1-2H3,(H,29,33). The normalized spacial score (nSPS) is 14.1. The number of hydrogen-bond donors (Lipinski definition) is 1. The van der Waals surface area contributed by atoms with Crippen molar-refractivity contribution < 1.29 is 32.2 Å². The van der Waals surface area contributed by atoms with Crippen LogP contribution in [0, 0.1) is 5.92 Å². The molecule has 0 aliphatic carbocycles. The van der Waals surface area contributed by atoms with Crippen LogP contribution in [0.4, 0.5) is 13.2 Å². The third kappa shape index (κ3) is 5.26. The van der Waals surface area contributed by atoms with Gasteiger partial charge in [-0.3, -0.25) is 14.3 Å². The van der Waals surface area contributed by atoms with Gasteiger partial charge in [0.1, 0.15) is 5.75 Å². The van der Waals surface area contributed by atoms with E-state index in [1.54, 1.807) is 30.1 Å². The molecule has 12 heteroatoms. The first-order valence-electron chi connectivity index (χ1n) is 11.1. The number of alkyl halides is 3. The Bertz CT molecular complexity index is 1290. The molecule has 1 aliphatic heterocycles. The van der Waals surface area contributed by atoms with Crippen LogP contribution in [-0.2, 0) is 17.5 Å². The number of nitrogens with zero attached hydrogens (tertiary/aromatic N) is 3. The van der Waals surface area contributed by atoms with Gasteiger partial charge in [0, 0.05) is 51.0 Å². The zero-order valence-corrected chi connectivity index (χ0v) is 20.3. The lowest BCUT2D eigenvalue weighted by atomic mass is 9.98. The summed E-state index contributed by atoms with van der Waals surface area (Å²) < 4.78 is 51.5. The molecule has 0 saturated carbocycles. The van der Waals surface area contributed by atoms with Gasteiger partial charge in [0.15, 0.2) is 0 Å². The molecule has 0 atom stereocenters. The Morgan fingerprint density at radius 1 is 1.19 bits per heavy atom. The first-order chi connectivity index (χ1) is 17.1. The largest absolute Gasteiger partial charge is 0.495 e. The fourth-order valence-electron chi connectivity index (χ4n) is 4.15. The van der Waals surface area contributed by atoms with Gasteiger partial charge in [-0.1, -0.05) is 11.6 Å². The van der Waals surface area contributed by atoms with E-state index in [0.717, 1.165) is 12.1 Å². The van der Waals surface area contributed by atoms with Gasteiger partial charge in [0.05, 0.1) is 40.8 Å². The van der Waals surface area contributed by atoms with Gasteiger partial charge in [-0.25, -0.2) is 0 Å². The van der Waals surface area contributed by atoms with Crippen LogP contribution in [0.3, 0.4) is 0 Å². The van der Waals surface area contributed by atoms with Crippen molar-refractivity contribution in [1.82, 2.24) is 20.0 Å². The zero-order valence-electron chi connectivity index (χ0n) is 19.6. The molecule has 36 heavy (non-hydrogen) atoms. The van der Waals surface area contributed by atoms with E-state index >= 15 is 0 Å². The summed E-state index contributed by atoms with van der Waals surface area (Å²) in [5.74, 6) is -0.296. The summed E-state index contributed by atoms with van der Waals surface area (Å²) in [5, 5.41) is 7.52. The van der Waals surface area contributed by atoms with Crippen LogP contribution in [0.1, 0.15) is 26.3 Å². The summed E-state index contributed by atoms with van der Waals surface area (Å²) >= 11 is 5.65. The summed E-state index contributed by atoms with van der Waals surface area (Å²) in [7, 11) is 3.03. The number of methoxy groups -OCH3 is 2. The predicted octanol–water partition coefficient (Wildman–Crippen LogP) is 3.87. The summed E-state index contributed by atoms with van der Waals surface area (Å²) in [5.41, 5.74) is -0.0669. The third-order valence-corrected chi connectivity index (χ3v) is 6.27. The quantitative estimate of drug-likeness (QED) is 0.452. The molecule has 0 radical (unpaired) electrons. The van der Waals surface area contributed by atoms with E-state index in [1.807, 2.05) is 0 Å². The average Bonchev–Trinajstić information content (AvgIpc) is 3.22. The minimum atomic E-state index is -4.64. The van der Waals surface area contributed by atoms with E-state index < -0.39 is 22.7 Å². The van der Waals surface area contributed by atoms with Crippen molar-refractivity contribution in [2.75, 3.05) is 40.5 Å². The Hall–Kier alpha value is -3.31. The molecule has 1 fully saturated rings. The van der Waals surface area contributed by atoms with Crippen LogP contribution < -0.4 is 10.1 Å². The minimum Gasteiger partial charge on any atom is -0.495 e. The number of rotatable bonds is 8. The van der Waals surface area contributed by atoms with Crippen molar-refractivity contribution in [3.05, 3.63) is 58.2 Å². The number of fused-ring (bicyclic) bond motifs is 1. The highest BCUT2D eigenvalue weighted by Gasteiger charge is 2.36. The van der Waals surface area contributed by atoms with Crippen molar-refractivity contribution in [2.45, 2.75) is 12.7 Å². The lowest BCUT2D eigenvalue weighted by Crippen LogP contribution is -2.51. The fraction of sp³-hybridized carbons (Fsp3) is 0.375. The highest BCUT2D eigenvalue weighted by Crippen LogP contribution is 2.36. The molecule has 0 spiro atoms. The van der Waals surface area contributed by atoms with E-state index in [9.17, 15) is 22.8 Å². The number of aromatic nitrogens is 2. The van der Waals surface area contributed by atoms with Crippen molar-refractivity contribution in [2.24, 2.45) is 5.92 Å². The smallest absolute Gasteiger partial charge is 0.417 e. The van der Waals surface area contributed by atoms with Crippen LogP contribution in [0.15, 0.2) is 36.5 Å². The average molecular weight is 525 g/mol. The molecule has 1 aromatic heterocycles. The van der Waals surface area contributed by atoms with Gasteiger partial charge in [-0.2, -0.15) is 18.3 Å². The highest BCUT2D eigenvalue weighted by molar-refractivity contribution is 6.31. The van der Waals surface area contributed by atoms with Crippen LogP contribution in [0.5, 0.6) is 5.75 Å². The second-order valence-electron chi connectivity index (χ2n) is 8.45. The van der Waals surface area contributed by atoms with Crippen LogP contribution in [0.2, 0.25) is 5.02 Å². The summed E-state index contributed by atoms with van der Waals surface area (Å²) in [6.07, 6.45) is -2.86. The van der Waals surface area contributed by atoms with Gasteiger partial charge < -0.3 is 19.7 Å². The van der Waals surface area contributed by atoms with Crippen molar-refractivity contribution >= 4 is 34.3 Å². The number of hydrogen-bond acceptors (Lipinski definition) is 5. The molecule has 1 saturated heterocycles. The van der Waals surface area contributed by atoms with E-state index in [-0.39, 0.29) is 17.4 Å². The highest BCUT2D eigenvalue weighted by atomic mass is 35.5. The number of carbonyl (C=O) groups excluding carboxylic acids is 2. The van der Waals surface area contributed by atoms with E-state index in [0.29, 0.717) is 55.0 Å². The summed E-state index contributed by atoms with van der Waals surface area (Å²) in [4.78, 5) is 26.7. The zero-order chi connectivity index (χ0) is 26.0. The molecule has 1 N–H and O–H groups in total. The molecule has 1 aliphatic rings. The Balaban J connectivity index is 1.42. The SMILES string of the molecule is COCCNC(=O)c1ccc2nn(CC3CN(C(=O)c4ccc(Cl)c(C(F)(F)F)c4)C3)cc2c1OC. The second kappa shape index (κ2) is 10.4. The van der Waals surface area contributed by atoms with E-state index in [1.165, 1.54) is 18.1 Å². The van der Waals surface area contributed by atoms with Crippen molar-refractivity contribution in [3.63, 3.8) is 0 Å². The molecular formula is C24H24ClF3N4O4. The van der Waals surface area contributed by atoms with E-state index in [4.69, 9.17) is 21.1 Å². The third-order valence-electron chi connectivity index (χ3n) is 5.94. The maximum Gasteiger partial charge on any atom is 0.417 e. The number of nitrogens with one attached hydrogen (secondary N) is 1. The van der Waals surface area contributed by atoms with Crippen molar-refractivity contribution in [1.29, 1.82) is 0 Å². The van der Waals surface area contributed by atoms with Gasteiger partial charge in [-0.15, -0.1) is 0 Å². The topological polar surface area (TPSA) is 85.7 Å². The summed E-state index contributed by atoms with van der Waals surface area (Å²) in [6, 6.07) is 6.54. The number of benzene rings is 2. The molecule has 0 bridgehead atoms. The van der Waals surface area contributed by atoms with E-state index in [2.05, 4.69) is 10.4 Å². The minimum absolute atomic E-state index is 0.0592. The maximum absolute atomic E-state index is 13.1. The molecule has 3 aromatic rings. The van der Waals surface area contributed by atoms with Crippen molar-refractivity contribution in [3.8, 4) is 5.75 Å². The Labute approximate surface area is 209 Å².